The van der Waals surface area contributed by atoms with E-state index in [2.05, 4.69) is 20.9 Å². The van der Waals surface area contributed by atoms with Gasteiger partial charge >= 0.3 is 11.9 Å². The number of carbonyl (C=O) groups is 2. The van der Waals surface area contributed by atoms with Crippen molar-refractivity contribution in [2.45, 2.75) is 43.0 Å². The average Bonchev–Trinajstić information content (AvgIpc) is 2.73. The third-order valence-electron chi connectivity index (χ3n) is 4.75. The van der Waals surface area contributed by atoms with E-state index < -0.39 is 48.6 Å². The molecule has 1 fully saturated rings. The Morgan fingerprint density at radius 2 is 1.77 bits per heavy atom. The summed E-state index contributed by atoms with van der Waals surface area (Å²) in [5, 5.41) is 38.7. The minimum atomic E-state index is -1.86. The zero-order chi connectivity index (χ0) is 21.8. The molecule has 1 aromatic carbocycles. The first-order valence-electron chi connectivity index (χ1n) is 9.06. The number of benzene rings is 1. The minimum Gasteiger partial charge on any atom is -0.479 e. The number of rotatable bonds is 6. The van der Waals surface area contributed by atoms with Crippen molar-refractivity contribution in [1.82, 2.24) is 4.98 Å². The molecule has 2 aromatic rings. The van der Waals surface area contributed by atoms with Gasteiger partial charge in [-0.05, 0) is 29.8 Å². The lowest BCUT2D eigenvalue weighted by Crippen LogP contribution is -2.60. The zero-order valence-electron chi connectivity index (χ0n) is 15.5. The molecule has 0 spiro atoms. The number of aliphatic carboxylic acids is 1. The molecule has 30 heavy (non-hydrogen) atoms. The van der Waals surface area contributed by atoms with Crippen LogP contribution in [0.25, 0.3) is 0 Å². The van der Waals surface area contributed by atoms with Crippen LogP contribution in [0, 0.1) is 0 Å². The van der Waals surface area contributed by atoms with Crippen molar-refractivity contribution >= 4 is 27.9 Å². The Morgan fingerprint density at radius 1 is 1.07 bits per heavy atom. The third-order valence-corrected chi connectivity index (χ3v) is 5.28. The van der Waals surface area contributed by atoms with Crippen molar-refractivity contribution < 1.29 is 39.5 Å². The standard InChI is InChI=1S/C20H20BrNO8/c21-11-6-4-10(5-7-11)12(13-3-1-2-8-22-13)9-14(23)29-20-17(26)15(24)16(25)18(30-20)19(27)28/h1-8,12,15-18,20,24-26H,9H2,(H,27,28). The molecule has 0 bridgehead atoms. The molecule has 0 radical (unpaired) electrons. The van der Waals surface area contributed by atoms with Crippen LogP contribution in [0.3, 0.4) is 0 Å². The quantitative estimate of drug-likeness (QED) is 0.439. The van der Waals surface area contributed by atoms with E-state index in [9.17, 15) is 24.9 Å². The number of esters is 1. The Labute approximate surface area is 180 Å². The van der Waals surface area contributed by atoms with Crippen LogP contribution < -0.4 is 0 Å². The molecule has 2 heterocycles. The van der Waals surface area contributed by atoms with Crippen LogP contribution in [0.2, 0.25) is 0 Å². The summed E-state index contributed by atoms with van der Waals surface area (Å²) in [6.45, 7) is 0. The first-order valence-corrected chi connectivity index (χ1v) is 9.85. The van der Waals surface area contributed by atoms with E-state index in [1.807, 2.05) is 24.3 Å². The molecule has 0 saturated carbocycles. The number of nitrogens with zero attached hydrogens (tertiary/aromatic N) is 1. The highest BCUT2D eigenvalue weighted by Gasteiger charge is 2.48. The fourth-order valence-electron chi connectivity index (χ4n) is 3.16. The van der Waals surface area contributed by atoms with Gasteiger partial charge in [-0.1, -0.05) is 34.1 Å². The smallest absolute Gasteiger partial charge is 0.335 e. The van der Waals surface area contributed by atoms with Crippen LogP contribution in [0.5, 0.6) is 0 Å². The normalized spacial score (nSPS) is 27.3. The van der Waals surface area contributed by atoms with Crippen LogP contribution in [0.4, 0.5) is 0 Å². The Bertz CT molecular complexity index is 878. The van der Waals surface area contributed by atoms with Crippen LogP contribution in [0.15, 0.2) is 53.1 Å². The van der Waals surface area contributed by atoms with Crippen LogP contribution in [-0.4, -0.2) is 68.1 Å². The van der Waals surface area contributed by atoms with Gasteiger partial charge in [-0.25, -0.2) is 4.79 Å². The number of hydrogen-bond donors (Lipinski definition) is 4. The highest BCUT2D eigenvalue weighted by molar-refractivity contribution is 9.10. The van der Waals surface area contributed by atoms with Gasteiger partial charge in [0.2, 0.25) is 6.29 Å². The Balaban J connectivity index is 1.77. The van der Waals surface area contributed by atoms with Crippen molar-refractivity contribution in [3.8, 4) is 0 Å². The van der Waals surface area contributed by atoms with Gasteiger partial charge in [0.1, 0.15) is 18.3 Å². The van der Waals surface area contributed by atoms with E-state index in [1.54, 1.807) is 24.4 Å². The van der Waals surface area contributed by atoms with Crippen LogP contribution in [-0.2, 0) is 19.1 Å². The van der Waals surface area contributed by atoms with Crippen LogP contribution in [0.1, 0.15) is 23.6 Å². The van der Waals surface area contributed by atoms with Crippen LogP contribution >= 0.6 is 15.9 Å². The molecule has 9 nitrogen and oxygen atoms in total. The molecule has 6 unspecified atom stereocenters. The van der Waals surface area contributed by atoms with E-state index >= 15 is 0 Å². The minimum absolute atomic E-state index is 0.179. The summed E-state index contributed by atoms with van der Waals surface area (Å²) in [4.78, 5) is 28.1. The number of aliphatic hydroxyl groups is 3. The number of carbonyl (C=O) groups excluding carboxylic acids is 1. The molecule has 1 aliphatic heterocycles. The highest BCUT2D eigenvalue weighted by Crippen LogP contribution is 2.29. The van der Waals surface area contributed by atoms with Crippen molar-refractivity contribution in [3.05, 3.63) is 64.4 Å². The average molecular weight is 482 g/mol. The molecule has 160 valence electrons. The van der Waals surface area contributed by atoms with Gasteiger partial charge in [0.15, 0.2) is 6.10 Å². The molecule has 0 amide bonds. The second-order valence-electron chi connectivity index (χ2n) is 6.79. The lowest BCUT2D eigenvalue weighted by molar-refractivity contribution is -0.286. The van der Waals surface area contributed by atoms with Gasteiger partial charge in [0.05, 0.1) is 6.42 Å². The fraction of sp³-hybridized carbons (Fsp3) is 0.350. The molecule has 1 aromatic heterocycles. The molecule has 1 aliphatic rings. The lowest BCUT2D eigenvalue weighted by Gasteiger charge is -2.38. The first kappa shape index (κ1) is 22.3. The van der Waals surface area contributed by atoms with Crippen molar-refractivity contribution in [3.63, 3.8) is 0 Å². The SMILES string of the molecule is O=C(CC(c1ccc(Br)cc1)c1ccccn1)OC1OC(C(=O)O)C(O)C(O)C1O. The maximum absolute atomic E-state index is 12.6. The van der Waals surface area contributed by atoms with Gasteiger partial charge in [0.25, 0.3) is 0 Å². The molecule has 1 saturated heterocycles. The largest absolute Gasteiger partial charge is 0.479 e. The van der Waals surface area contributed by atoms with Gasteiger partial charge in [-0.2, -0.15) is 0 Å². The maximum atomic E-state index is 12.6. The predicted molar refractivity (Wildman–Crippen MR) is 105 cm³/mol. The van der Waals surface area contributed by atoms with E-state index in [0.29, 0.717) is 5.69 Å². The number of halogens is 1. The lowest BCUT2D eigenvalue weighted by atomic mass is 9.92. The molecular formula is C20H20BrNO8. The molecule has 3 rings (SSSR count). The summed E-state index contributed by atoms with van der Waals surface area (Å²) in [6.07, 6.45) is -7.70. The van der Waals surface area contributed by atoms with Gasteiger partial charge in [0, 0.05) is 22.3 Å². The molecule has 4 N–H and O–H groups in total. The van der Waals surface area contributed by atoms with Crippen molar-refractivity contribution in [1.29, 1.82) is 0 Å². The Morgan fingerprint density at radius 3 is 2.37 bits per heavy atom. The van der Waals surface area contributed by atoms with Crippen molar-refractivity contribution in [2.24, 2.45) is 0 Å². The van der Waals surface area contributed by atoms with E-state index in [4.69, 9.17) is 14.6 Å². The topological polar surface area (TPSA) is 146 Å². The second-order valence-corrected chi connectivity index (χ2v) is 7.70. The van der Waals surface area contributed by atoms with E-state index in [1.165, 1.54) is 0 Å². The molecule has 6 atom stereocenters. The Hall–Kier alpha value is -2.37. The molecule has 0 aliphatic carbocycles. The molecule has 10 heteroatoms. The van der Waals surface area contributed by atoms with Gasteiger partial charge in [-0.3, -0.25) is 9.78 Å². The van der Waals surface area contributed by atoms with Crippen molar-refractivity contribution in [2.75, 3.05) is 0 Å². The number of carboxylic acid groups (broad SMARTS) is 1. The van der Waals surface area contributed by atoms with Gasteiger partial charge in [-0.15, -0.1) is 0 Å². The summed E-state index contributed by atoms with van der Waals surface area (Å²) < 4.78 is 11.0. The summed E-state index contributed by atoms with van der Waals surface area (Å²) in [5.74, 6) is -2.83. The van der Waals surface area contributed by atoms with E-state index in [0.717, 1.165) is 10.0 Å². The number of hydrogen-bond acceptors (Lipinski definition) is 8. The zero-order valence-corrected chi connectivity index (χ0v) is 17.1. The summed E-state index contributed by atoms with van der Waals surface area (Å²) in [7, 11) is 0. The fourth-order valence-corrected chi connectivity index (χ4v) is 3.43. The van der Waals surface area contributed by atoms with Gasteiger partial charge < -0.3 is 29.9 Å². The number of aliphatic hydroxyl groups excluding tert-OH is 3. The second kappa shape index (κ2) is 9.63. The predicted octanol–water partition coefficient (Wildman–Crippen LogP) is 0.801. The number of carboxylic acids is 1. The first-order chi connectivity index (χ1) is 14.3. The number of ether oxygens (including phenoxy) is 2. The Kier molecular flexibility index (Phi) is 7.16. The number of pyridine rings is 1. The summed E-state index contributed by atoms with van der Waals surface area (Å²) in [6, 6.07) is 12.6. The highest BCUT2D eigenvalue weighted by atomic mass is 79.9. The maximum Gasteiger partial charge on any atom is 0.335 e. The number of aromatic nitrogens is 1. The third kappa shape index (κ3) is 5.02. The molecular weight excluding hydrogens is 462 g/mol. The van der Waals surface area contributed by atoms with E-state index in [-0.39, 0.29) is 6.42 Å². The summed E-state index contributed by atoms with van der Waals surface area (Å²) in [5.41, 5.74) is 1.40. The monoisotopic (exact) mass is 481 g/mol. The summed E-state index contributed by atoms with van der Waals surface area (Å²) >= 11 is 3.36.